The van der Waals surface area contributed by atoms with Crippen molar-refractivity contribution in [1.82, 2.24) is 4.98 Å². The molecule has 5 N–H and O–H groups in total. The molecular formula is C14H16N4O. The highest BCUT2D eigenvalue weighted by Gasteiger charge is 2.15. The molecule has 0 saturated carbocycles. The standard InChI is InChI=1S/C14H16N4O/c15-11(8-10-4-2-1-3-5-10)14(19)18-13-6-7-17-9-12(13)16/h1-7,9,11H,8,15-16H2,(H,17,18,19). The number of carbonyl (C=O) groups is 1. The summed E-state index contributed by atoms with van der Waals surface area (Å²) in [6, 6.07) is 10.7. The zero-order chi connectivity index (χ0) is 13.7. The summed E-state index contributed by atoms with van der Waals surface area (Å²) in [5.74, 6) is -0.262. The minimum Gasteiger partial charge on any atom is -0.396 e. The fourth-order valence-corrected chi connectivity index (χ4v) is 1.71. The Kier molecular flexibility index (Phi) is 4.10. The van der Waals surface area contributed by atoms with Crippen LogP contribution in [0.5, 0.6) is 0 Å². The first-order valence-corrected chi connectivity index (χ1v) is 5.96. The van der Waals surface area contributed by atoms with Crippen molar-refractivity contribution < 1.29 is 4.79 Å². The summed E-state index contributed by atoms with van der Waals surface area (Å²) in [4.78, 5) is 15.8. The van der Waals surface area contributed by atoms with E-state index in [1.165, 1.54) is 6.20 Å². The summed E-state index contributed by atoms with van der Waals surface area (Å²) in [5.41, 5.74) is 13.6. The van der Waals surface area contributed by atoms with E-state index in [0.717, 1.165) is 5.56 Å². The molecule has 1 heterocycles. The van der Waals surface area contributed by atoms with Gasteiger partial charge in [0.1, 0.15) is 0 Å². The lowest BCUT2D eigenvalue weighted by molar-refractivity contribution is -0.117. The second kappa shape index (κ2) is 5.97. The summed E-state index contributed by atoms with van der Waals surface area (Å²) in [5, 5.41) is 2.70. The van der Waals surface area contributed by atoms with E-state index in [-0.39, 0.29) is 5.91 Å². The van der Waals surface area contributed by atoms with Crippen molar-refractivity contribution in [2.75, 3.05) is 11.1 Å². The van der Waals surface area contributed by atoms with Gasteiger partial charge in [-0.05, 0) is 18.1 Å². The molecule has 0 spiro atoms. The van der Waals surface area contributed by atoms with Gasteiger partial charge in [-0.2, -0.15) is 0 Å². The molecule has 5 heteroatoms. The van der Waals surface area contributed by atoms with E-state index in [1.54, 1.807) is 12.3 Å². The third-order valence-corrected chi connectivity index (χ3v) is 2.74. The van der Waals surface area contributed by atoms with Gasteiger partial charge < -0.3 is 16.8 Å². The lowest BCUT2D eigenvalue weighted by atomic mass is 10.1. The van der Waals surface area contributed by atoms with Crippen LogP contribution in [0.4, 0.5) is 11.4 Å². The predicted molar refractivity (Wildman–Crippen MR) is 75.4 cm³/mol. The minimum atomic E-state index is -0.616. The molecule has 1 atom stereocenters. The molecule has 0 fully saturated rings. The Hall–Kier alpha value is -2.40. The Labute approximate surface area is 111 Å². The zero-order valence-electron chi connectivity index (χ0n) is 10.4. The molecular weight excluding hydrogens is 240 g/mol. The summed E-state index contributed by atoms with van der Waals surface area (Å²) >= 11 is 0. The highest BCUT2D eigenvalue weighted by atomic mass is 16.2. The van der Waals surface area contributed by atoms with Crippen LogP contribution in [-0.2, 0) is 11.2 Å². The molecule has 0 aliphatic rings. The lowest BCUT2D eigenvalue weighted by Gasteiger charge is -2.13. The number of anilines is 2. The second-order valence-electron chi connectivity index (χ2n) is 4.25. The SMILES string of the molecule is Nc1cnccc1NC(=O)C(N)Cc1ccccc1. The van der Waals surface area contributed by atoms with Crippen LogP contribution in [0.3, 0.4) is 0 Å². The number of hydrogen-bond acceptors (Lipinski definition) is 4. The number of benzene rings is 1. The lowest BCUT2D eigenvalue weighted by Crippen LogP contribution is -2.37. The van der Waals surface area contributed by atoms with Crippen LogP contribution in [0.15, 0.2) is 48.8 Å². The molecule has 1 aromatic carbocycles. The van der Waals surface area contributed by atoms with Gasteiger partial charge in [0.25, 0.3) is 0 Å². The molecule has 0 radical (unpaired) electrons. The smallest absolute Gasteiger partial charge is 0.241 e. The van der Waals surface area contributed by atoms with E-state index >= 15 is 0 Å². The van der Waals surface area contributed by atoms with Crippen molar-refractivity contribution >= 4 is 17.3 Å². The van der Waals surface area contributed by atoms with E-state index in [0.29, 0.717) is 17.8 Å². The summed E-state index contributed by atoms with van der Waals surface area (Å²) in [6.07, 6.45) is 3.53. The average molecular weight is 256 g/mol. The maximum atomic E-state index is 12.0. The van der Waals surface area contributed by atoms with Crippen molar-refractivity contribution in [1.29, 1.82) is 0 Å². The Bertz CT molecular complexity index is 556. The van der Waals surface area contributed by atoms with Gasteiger partial charge >= 0.3 is 0 Å². The van der Waals surface area contributed by atoms with Crippen LogP contribution < -0.4 is 16.8 Å². The summed E-state index contributed by atoms with van der Waals surface area (Å²) in [6.45, 7) is 0. The van der Waals surface area contributed by atoms with Gasteiger partial charge in [-0.15, -0.1) is 0 Å². The van der Waals surface area contributed by atoms with Crippen molar-refractivity contribution in [3.05, 3.63) is 54.4 Å². The van der Waals surface area contributed by atoms with E-state index in [4.69, 9.17) is 11.5 Å². The van der Waals surface area contributed by atoms with E-state index in [9.17, 15) is 4.79 Å². The first-order chi connectivity index (χ1) is 9.16. The third-order valence-electron chi connectivity index (χ3n) is 2.74. The van der Waals surface area contributed by atoms with Crippen molar-refractivity contribution in [3.63, 3.8) is 0 Å². The number of carbonyl (C=O) groups excluding carboxylic acids is 1. The molecule has 0 aliphatic carbocycles. The molecule has 0 saturated heterocycles. The summed E-state index contributed by atoms with van der Waals surface area (Å²) in [7, 11) is 0. The van der Waals surface area contributed by atoms with Crippen molar-refractivity contribution in [2.45, 2.75) is 12.5 Å². The number of nitrogens with two attached hydrogens (primary N) is 2. The van der Waals surface area contributed by atoms with Crippen LogP contribution in [-0.4, -0.2) is 16.9 Å². The predicted octanol–water partition coefficient (Wildman–Crippen LogP) is 1.17. The molecule has 98 valence electrons. The molecule has 0 aliphatic heterocycles. The van der Waals surface area contributed by atoms with Crippen LogP contribution >= 0.6 is 0 Å². The minimum absolute atomic E-state index is 0.262. The quantitative estimate of drug-likeness (QED) is 0.765. The maximum Gasteiger partial charge on any atom is 0.241 e. The van der Waals surface area contributed by atoms with E-state index in [1.807, 2.05) is 30.3 Å². The van der Waals surface area contributed by atoms with Gasteiger partial charge in [0, 0.05) is 6.20 Å². The van der Waals surface area contributed by atoms with Gasteiger partial charge in [0.2, 0.25) is 5.91 Å². The number of nitrogens with one attached hydrogen (secondary N) is 1. The molecule has 19 heavy (non-hydrogen) atoms. The highest BCUT2D eigenvalue weighted by Crippen LogP contribution is 2.15. The molecule has 1 amide bonds. The maximum absolute atomic E-state index is 12.0. The van der Waals surface area contributed by atoms with Gasteiger partial charge in [0.05, 0.1) is 23.6 Å². The van der Waals surface area contributed by atoms with Crippen molar-refractivity contribution in [2.24, 2.45) is 5.73 Å². The fourth-order valence-electron chi connectivity index (χ4n) is 1.71. The Morgan fingerprint density at radius 1 is 1.26 bits per heavy atom. The fraction of sp³-hybridized carbons (Fsp3) is 0.143. The largest absolute Gasteiger partial charge is 0.396 e. The molecule has 5 nitrogen and oxygen atoms in total. The molecule has 1 unspecified atom stereocenters. The first-order valence-electron chi connectivity index (χ1n) is 5.96. The monoisotopic (exact) mass is 256 g/mol. The van der Waals surface area contributed by atoms with Crippen molar-refractivity contribution in [3.8, 4) is 0 Å². The highest BCUT2D eigenvalue weighted by molar-refractivity contribution is 5.97. The number of rotatable bonds is 4. The number of pyridine rings is 1. The van der Waals surface area contributed by atoms with E-state index in [2.05, 4.69) is 10.3 Å². The number of nitrogen functional groups attached to an aromatic ring is 1. The molecule has 2 aromatic rings. The second-order valence-corrected chi connectivity index (χ2v) is 4.25. The number of hydrogen-bond donors (Lipinski definition) is 3. The van der Waals surface area contributed by atoms with E-state index < -0.39 is 6.04 Å². The van der Waals surface area contributed by atoms with Gasteiger partial charge in [-0.25, -0.2) is 0 Å². The summed E-state index contributed by atoms with van der Waals surface area (Å²) < 4.78 is 0. The third kappa shape index (κ3) is 3.53. The number of aromatic nitrogens is 1. The van der Waals surface area contributed by atoms with Crippen LogP contribution in [0.25, 0.3) is 0 Å². The topological polar surface area (TPSA) is 94.0 Å². The normalized spacial score (nSPS) is 11.8. The van der Waals surface area contributed by atoms with Gasteiger partial charge in [0.15, 0.2) is 0 Å². The molecule has 0 bridgehead atoms. The van der Waals surface area contributed by atoms with Gasteiger partial charge in [-0.3, -0.25) is 9.78 Å². The Morgan fingerprint density at radius 2 is 2.00 bits per heavy atom. The molecule has 2 rings (SSSR count). The Balaban J connectivity index is 1.99. The van der Waals surface area contributed by atoms with Crippen LogP contribution in [0.1, 0.15) is 5.56 Å². The van der Waals surface area contributed by atoms with Crippen LogP contribution in [0.2, 0.25) is 0 Å². The first kappa shape index (κ1) is 13.0. The average Bonchev–Trinajstić information content (AvgIpc) is 2.42. The van der Waals surface area contributed by atoms with Crippen LogP contribution in [0, 0.1) is 0 Å². The zero-order valence-corrected chi connectivity index (χ0v) is 10.4. The number of nitrogens with zero attached hydrogens (tertiary/aromatic N) is 1. The Morgan fingerprint density at radius 3 is 2.68 bits per heavy atom. The molecule has 1 aromatic heterocycles. The number of amides is 1. The van der Waals surface area contributed by atoms with Gasteiger partial charge in [-0.1, -0.05) is 30.3 Å².